The third-order valence-electron chi connectivity index (χ3n) is 5.31. The average Bonchev–Trinajstić information content (AvgIpc) is 3.08. The molecule has 1 aliphatic heterocycles. The maximum absolute atomic E-state index is 12.5. The van der Waals surface area contributed by atoms with Crippen molar-refractivity contribution in [2.45, 2.75) is 51.0 Å². The van der Waals surface area contributed by atoms with E-state index in [-0.39, 0.29) is 17.5 Å². The van der Waals surface area contributed by atoms with Gasteiger partial charge in [-0.2, -0.15) is 5.10 Å². The van der Waals surface area contributed by atoms with Crippen LogP contribution in [-0.4, -0.2) is 33.7 Å². The zero-order valence-electron chi connectivity index (χ0n) is 14.3. The molecule has 0 radical (unpaired) electrons. The number of amides is 1. The van der Waals surface area contributed by atoms with Gasteiger partial charge in [0, 0.05) is 19.2 Å². The lowest BCUT2D eigenvalue weighted by Crippen LogP contribution is -2.41. The number of likely N-dealkylation sites (tertiary alicyclic amines) is 1. The highest BCUT2D eigenvalue weighted by Gasteiger charge is 2.27. The molecule has 132 valence electrons. The summed E-state index contributed by atoms with van der Waals surface area (Å²) in [5, 5.41) is 4.70. The SMILES string of the molecule is O=C(c1ccco1)N1CCC(n2nc3c(cc2=O)CCCCC3)CC1. The Hall–Kier alpha value is -2.37. The second-order valence-corrected chi connectivity index (χ2v) is 6.96. The van der Waals surface area contributed by atoms with Gasteiger partial charge in [0.25, 0.3) is 11.5 Å². The van der Waals surface area contributed by atoms with Crippen LogP contribution in [-0.2, 0) is 12.8 Å². The first-order valence-electron chi connectivity index (χ1n) is 9.17. The van der Waals surface area contributed by atoms with E-state index >= 15 is 0 Å². The number of nitrogens with zero attached hydrogens (tertiary/aromatic N) is 3. The minimum atomic E-state index is -0.0781. The largest absolute Gasteiger partial charge is 0.459 e. The Morgan fingerprint density at radius 2 is 1.96 bits per heavy atom. The van der Waals surface area contributed by atoms with E-state index < -0.39 is 0 Å². The van der Waals surface area contributed by atoms with Gasteiger partial charge in [-0.3, -0.25) is 9.59 Å². The summed E-state index contributed by atoms with van der Waals surface area (Å²) in [6, 6.07) is 5.27. The van der Waals surface area contributed by atoms with Crippen molar-refractivity contribution in [3.8, 4) is 0 Å². The zero-order valence-corrected chi connectivity index (χ0v) is 14.3. The van der Waals surface area contributed by atoms with E-state index in [4.69, 9.17) is 9.52 Å². The molecule has 2 aromatic heterocycles. The molecule has 1 aliphatic carbocycles. The predicted octanol–water partition coefficient (Wildman–Crippen LogP) is 2.58. The predicted molar refractivity (Wildman–Crippen MR) is 92.6 cm³/mol. The van der Waals surface area contributed by atoms with Gasteiger partial charge in [-0.1, -0.05) is 6.42 Å². The fourth-order valence-electron chi connectivity index (χ4n) is 3.88. The van der Waals surface area contributed by atoms with Crippen LogP contribution in [0.3, 0.4) is 0 Å². The Kier molecular flexibility index (Phi) is 4.42. The molecule has 0 bridgehead atoms. The number of hydrogen-bond donors (Lipinski definition) is 0. The molecular weight excluding hydrogens is 318 g/mol. The van der Waals surface area contributed by atoms with Crippen LogP contribution < -0.4 is 5.56 Å². The summed E-state index contributed by atoms with van der Waals surface area (Å²) in [5.41, 5.74) is 2.21. The fraction of sp³-hybridized carbons (Fsp3) is 0.526. The fourth-order valence-corrected chi connectivity index (χ4v) is 3.88. The minimum absolute atomic E-state index is 0.00328. The van der Waals surface area contributed by atoms with Crippen LogP contribution in [0.1, 0.15) is 60.0 Å². The molecule has 1 saturated heterocycles. The van der Waals surface area contributed by atoms with E-state index in [9.17, 15) is 9.59 Å². The smallest absolute Gasteiger partial charge is 0.289 e. The Labute approximate surface area is 146 Å². The van der Waals surface area contributed by atoms with Gasteiger partial charge >= 0.3 is 0 Å². The summed E-state index contributed by atoms with van der Waals surface area (Å²) in [4.78, 5) is 26.7. The second-order valence-electron chi connectivity index (χ2n) is 6.96. The summed E-state index contributed by atoms with van der Waals surface area (Å²) in [7, 11) is 0. The second kappa shape index (κ2) is 6.86. The van der Waals surface area contributed by atoms with Crippen molar-refractivity contribution in [2.75, 3.05) is 13.1 Å². The zero-order chi connectivity index (χ0) is 17.2. The van der Waals surface area contributed by atoms with Gasteiger partial charge < -0.3 is 9.32 Å². The summed E-state index contributed by atoms with van der Waals surface area (Å²) in [6.07, 6.45) is 8.44. The van der Waals surface area contributed by atoms with Gasteiger partial charge in [-0.15, -0.1) is 0 Å². The summed E-state index contributed by atoms with van der Waals surface area (Å²) in [5.74, 6) is 0.296. The average molecular weight is 341 g/mol. The molecule has 0 unspecified atom stereocenters. The first kappa shape index (κ1) is 16.1. The van der Waals surface area contributed by atoms with Gasteiger partial charge in [-0.05, 0) is 56.2 Å². The first-order chi connectivity index (χ1) is 12.2. The van der Waals surface area contributed by atoms with E-state index in [0.29, 0.717) is 18.8 Å². The molecule has 0 aromatic carbocycles. The molecule has 1 amide bonds. The van der Waals surface area contributed by atoms with E-state index in [1.807, 2.05) is 0 Å². The van der Waals surface area contributed by atoms with Crippen molar-refractivity contribution < 1.29 is 9.21 Å². The van der Waals surface area contributed by atoms with Crippen LogP contribution in [0.15, 0.2) is 33.7 Å². The molecule has 6 nitrogen and oxygen atoms in total. The molecule has 0 N–H and O–H groups in total. The van der Waals surface area contributed by atoms with Crippen LogP contribution in [0.2, 0.25) is 0 Å². The van der Waals surface area contributed by atoms with Crippen LogP contribution in [0, 0.1) is 0 Å². The lowest BCUT2D eigenvalue weighted by atomic mass is 10.0. The number of piperidine rings is 1. The van der Waals surface area contributed by atoms with Crippen molar-refractivity contribution in [1.29, 1.82) is 0 Å². The number of aryl methyl sites for hydroxylation is 2. The summed E-state index contributed by atoms with van der Waals surface area (Å²) in [6.45, 7) is 1.24. The maximum Gasteiger partial charge on any atom is 0.289 e. The molecular formula is C19H23N3O3. The number of furan rings is 1. The highest BCUT2D eigenvalue weighted by Crippen LogP contribution is 2.23. The molecule has 0 saturated carbocycles. The molecule has 6 heteroatoms. The topological polar surface area (TPSA) is 68.3 Å². The molecule has 1 fully saturated rings. The normalized spacial score (nSPS) is 18.6. The Bertz CT molecular complexity index is 802. The Morgan fingerprint density at radius 1 is 1.16 bits per heavy atom. The molecule has 2 aliphatic rings. The third-order valence-corrected chi connectivity index (χ3v) is 5.31. The maximum atomic E-state index is 12.5. The van der Waals surface area contributed by atoms with Gasteiger partial charge in [0.1, 0.15) is 0 Å². The lowest BCUT2D eigenvalue weighted by molar-refractivity contribution is 0.0655. The number of carbonyl (C=O) groups is 1. The molecule has 4 rings (SSSR count). The van der Waals surface area contributed by atoms with Crippen LogP contribution in [0.25, 0.3) is 0 Å². The van der Waals surface area contributed by atoms with Crippen molar-refractivity contribution >= 4 is 5.91 Å². The lowest BCUT2D eigenvalue weighted by Gasteiger charge is -2.32. The van der Waals surface area contributed by atoms with Gasteiger partial charge in [0.15, 0.2) is 5.76 Å². The number of rotatable bonds is 2. The molecule has 0 spiro atoms. The van der Waals surface area contributed by atoms with Crippen molar-refractivity contribution in [3.63, 3.8) is 0 Å². The monoisotopic (exact) mass is 341 g/mol. The number of hydrogen-bond acceptors (Lipinski definition) is 4. The highest BCUT2D eigenvalue weighted by molar-refractivity contribution is 5.91. The van der Waals surface area contributed by atoms with E-state index in [0.717, 1.165) is 49.8 Å². The molecule has 0 atom stereocenters. The number of aromatic nitrogens is 2. The van der Waals surface area contributed by atoms with Crippen LogP contribution in [0.5, 0.6) is 0 Å². The van der Waals surface area contributed by atoms with Gasteiger partial charge in [-0.25, -0.2) is 4.68 Å². The standard InChI is InChI=1S/C19H23N3O3/c23-18-13-14-5-2-1-3-6-16(14)20-22(18)15-8-10-21(11-9-15)19(24)17-7-4-12-25-17/h4,7,12-13,15H,1-3,5-6,8-11H2. The third kappa shape index (κ3) is 3.25. The molecule has 3 heterocycles. The summed E-state index contributed by atoms with van der Waals surface area (Å²) >= 11 is 0. The summed E-state index contributed by atoms with van der Waals surface area (Å²) < 4.78 is 6.86. The van der Waals surface area contributed by atoms with E-state index in [1.54, 1.807) is 27.8 Å². The van der Waals surface area contributed by atoms with Gasteiger partial charge in [0.05, 0.1) is 18.0 Å². The van der Waals surface area contributed by atoms with Crippen molar-refractivity contribution in [1.82, 2.24) is 14.7 Å². The van der Waals surface area contributed by atoms with Crippen LogP contribution in [0.4, 0.5) is 0 Å². The van der Waals surface area contributed by atoms with E-state index in [1.165, 1.54) is 12.7 Å². The van der Waals surface area contributed by atoms with E-state index in [2.05, 4.69) is 0 Å². The minimum Gasteiger partial charge on any atom is -0.459 e. The highest BCUT2D eigenvalue weighted by atomic mass is 16.3. The molecule has 2 aromatic rings. The Balaban J connectivity index is 1.48. The molecule has 25 heavy (non-hydrogen) atoms. The van der Waals surface area contributed by atoms with Crippen molar-refractivity contribution in [2.24, 2.45) is 0 Å². The van der Waals surface area contributed by atoms with Gasteiger partial charge in [0.2, 0.25) is 0 Å². The number of carbonyl (C=O) groups excluding carboxylic acids is 1. The Morgan fingerprint density at radius 3 is 2.72 bits per heavy atom. The first-order valence-corrected chi connectivity index (χ1v) is 9.17. The van der Waals surface area contributed by atoms with Crippen LogP contribution >= 0.6 is 0 Å². The quantitative estimate of drug-likeness (QED) is 0.787. The number of fused-ring (bicyclic) bond motifs is 1. The van der Waals surface area contributed by atoms with Crippen molar-refractivity contribution in [3.05, 3.63) is 51.8 Å².